The van der Waals surface area contributed by atoms with Crippen molar-refractivity contribution < 1.29 is 9.47 Å². The second-order valence-corrected chi connectivity index (χ2v) is 5.23. The number of thiophene rings is 1. The first-order valence-electron chi connectivity index (χ1n) is 6.27. The summed E-state index contributed by atoms with van der Waals surface area (Å²) in [4.78, 5) is 1.42. The van der Waals surface area contributed by atoms with Crippen molar-refractivity contribution in [3.05, 3.63) is 46.2 Å². The van der Waals surface area contributed by atoms with Crippen LogP contribution in [0.5, 0.6) is 11.5 Å². The molecule has 0 aliphatic carbocycles. The van der Waals surface area contributed by atoms with Gasteiger partial charge in [0.1, 0.15) is 0 Å². The topological polar surface area (TPSA) is 30.5 Å². The fourth-order valence-corrected chi connectivity index (χ4v) is 2.60. The highest BCUT2D eigenvalue weighted by molar-refractivity contribution is 7.09. The van der Waals surface area contributed by atoms with Crippen molar-refractivity contribution in [3.63, 3.8) is 0 Å². The van der Waals surface area contributed by atoms with Gasteiger partial charge in [-0.3, -0.25) is 0 Å². The van der Waals surface area contributed by atoms with Crippen LogP contribution < -0.4 is 14.8 Å². The van der Waals surface area contributed by atoms with E-state index in [9.17, 15) is 0 Å². The molecule has 0 atom stereocenters. The molecule has 1 aromatic carbocycles. The number of hydrogen-bond donors (Lipinski definition) is 1. The molecule has 0 radical (unpaired) electrons. The molecule has 0 unspecified atom stereocenters. The number of ether oxygens (including phenoxy) is 2. The first-order chi connectivity index (χ1) is 9.33. The number of methoxy groups -OCH3 is 2. The highest BCUT2D eigenvalue weighted by atomic mass is 32.1. The van der Waals surface area contributed by atoms with E-state index in [4.69, 9.17) is 9.47 Å². The van der Waals surface area contributed by atoms with Crippen molar-refractivity contribution in [2.75, 3.05) is 20.8 Å². The third-order valence-corrected chi connectivity index (χ3v) is 3.84. The molecule has 2 aromatic rings. The lowest BCUT2D eigenvalue weighted by Crippen LogP contribution is -2.16. The molecule has 1 heterocycles. The first kappa shape index (κ1) is 13.9. The van der Waals surface area contributed by atoms with Crippen molar-refractivity contribution in [1.82, 2.24) is 5.32 Å². The van der Waals surface area contributed by atoms with Crippen LogP contribution in [0.15, 0.2) is 35.7 Å². The van der Waals surface area contributed by atoms with Crippen LogP contribution in [0.3, 0.4) is 0 Å². The van der Waals surface area contributed by atoms with Crippen LogP contribution >= 0.6 is 11.3 Å². The zero-order valence-electron chi connectivity index (χ0n) is 11.3. The average molecular weight is 277 g/mol. The van der Waals surface area contributed by atoms with E-state index in [1.165, 1.54) is 10.4 Å². The standard InChI is InChI=1S/C15H19NO2S/c1-17-14-6-5-12(10-15(14)18-2)11-16-8-7-13-4-3-9-19-13/h3-6,9-10,16H,7-8,11H2,1-2H3. The van der Waals surface area contributed by atoms with Crippen LogP contribution in [0.2, 0.25) is 0 Å². The molecule has 0 spiro atoms. The van der Waals surface area contributed by atoms with Gasteiger partial charge in [0.25, 0.3) is 0 Å². The number of nitrogens with one attached hydrogen (secondary N) is 1. The molecule has 4 heteroatoms. The summed E-state index contributed by atoms with van der Waals surface area (Å²) in [6.07, 6.45) is 1.07. The van der Waals surface area contributed by atoms with Crippen LogP contribution in [-0.4, -0.2) is 20.8 Å². The summed E-state index contributed by atoms with van der Waals surface area (Å²) in [6.45, 7) is 1.82. The van der Waals surface area contributed by atoms with Crippen LogP contribution in [-0.2, 0) is 13.0 Å². The highest BCUT2D eigenvalue weighted by Crippen LogP contribution is 2.27. The summed E-state index contributed by atoms with van der Waals surface area (Å²) in [5.74, 6) is 1.55. The predicted molar refractivity (Wildman–Crippen MR) is 79.3 cm³/mol. The maximum Gasteiger partial charge on any atom is 0.161 e. The monoisotopic (exact) mass is 277 g/mol. The lowest BCUT2D eigenvalue weighted by atomic mass is 10.2. The van der Waals surface area contributed by atoms with Crippen LogP contribution in [0, 0.1) is 0 Å². The number of rotatable bonds is 7. The predicted octanol–water partition coefficient (Wildman–Crippen LogP) is 3.10. The SMILES string of the molecule is COc1ccc(CNCCc2cccs2)cc1OC. The summed E-state index contributed by atoms with van der Waals surface area (Å²) in [5.41, 5.74) is 1.20. The second-order valence-electron chi connectivity index (χ2n) is 4.20. The van der Waals surface area contributed by atoms with Crippen molar-refractivity contribution in [1.29, 1.82) is 0 Å². The third kappa shape index (κ3) is 3.98. The van der Waals surface area contributed by atoms with Crippen LogP contribution in [0.1, 0.15) is 10.4 Å². The van der Waals surface area contributed by atoms with E-state index in [-0.39, 0.29) is 0 Å². The van der Waals surface area contributed by atoms with Gasteiger partial charge in [-0.2, -0.15) is 0 Å². The molecule has 0 bridgehead atoms. The molecule has 3 nitrogen and oxygen atoms in total. The van der Waals surface area contributed by atoms with E-state index >= 15 is 0 Å². The summed E-state index contributed by atoms with van der Waals surface area (Å²) in [5, 5.41) is 5.55. The maximum absolute atomic E-state index is 5.29. The lowest BCUT2D eigenvalue weighted by molar-refractivity contribution is 0.354. The Balaban J connectivity index is 1.82. The van der Waals surface area contributed by atoms with Gasteiger partial charge in [-0.05, 0) is 35.6 Å². The molecular weight excluding hydrogens is 258 g/mol. The Bertz CT molecular complexity index is 497. The van der Waals surface area contributed by atoms with E-state index in [1.807, 2.05) is 12.1 Å². The zero-order valence-corrected chi connectivity index (χ0v) is 12.1. The second kappa shape index (κ2) is 7.16. The van der Waals surface area contributed by atoms with Gasteiger partial charge in [0.05, 0.1) is 14.2 Å². The quantitative estimate of drug-likeness (QED) is 0.789. The Morgan fingerprint density at radius 3 is 2.63 bits per heavy atom. The summed E-state index contributed by atoms with van der Waals surface area (Å²) in [7, 11) is 3.31. The lowest BCUT2D eigenvalue weighted by Gasteiger charge is -2.10. The smallest absolute Gasteiger partial charge is 0.161 e. The van der Waals surface area contributed by atoms with Gasteiger partial charge in [0.15, 0.2) is 11.5 Å². The van der Waals surface area contributed by atoms with Gasteiger partial charge < -0.3 is 14.8 Å². The Morgan fingerprint density at radius 1 is 1.11 bits per heavy atom. The van der Waals surface area contributed by atoms with Gasteiger partial charge >= 0.3 is 0 Å². The molecule has 2 rings (SSSR count). The molecule has 0 fully saturated rings. The Hall–Kier alpha value is -1.52. The van der Waals surface area contributed by atoms with Gasteiger partial charge in [0.2, 0.25) is 0 Å². The van der Waals surface area contributed by atoms with Crippen LogP contribution in [0.25, 0.3) is 0 Å². The number of hydrogen-bond acceptors (Lipinski definition) is 4. The Kier molecular flexibility index (Phi) is 5.24. The molecule has 0 saturated heterocycles. The Labute approximate surface area is 118 Å². The molecule has 102 valence electrons. The molecule has 0 aliphatic heterocycles. The van der Waals surface area contributed by atoms with Crippen molar-refractivity contribution >= 4 is 11.3 Å². The van der Waals surface area contributed by atoms with Crippen molar-refractivity contribution in [3.8, 4) is 11.5 Å². The summed E-state index contributed by atoms with van der Waals surface area (Å²) < 4.78 is 10.5. The largest absolute Gasteiger partial charge is 0.493 e. The molecule has 0 saturated carbocycles. The van der Waals surface area contributed by atoms with Gasteiger partial charge in [0, 0.05) is 18.0 Å². The van der Waals surface area contributed by atoms with Crippen molar-refractivity contribution in [2.24, 2.45) is 0 Å². The minimum Gasteiger partial charge on any atom is -0.493 e. The molecule has 19 heavy (non-hydrogen) atoms. The minimum atomic E-state index is 0.768. The van der Waals surface area contributed by atoms with Gasteiger partial charge in [-0.15, -0.1) is 11.3 Å². The molecule has 0 aliphatic rings. The summed E-state index contributed by atoms with van der Waals surface area (Å²) in [6, 6.07) is 10.3. The zero-order chi connectivity index (χ0) is 13.5. The maximum atomic E-state index is 5.29. The summed E-state index contributed by atoms with van der Waals surface area (Å²) >= 11 is 1.80. The minimum absolute atomic E-state index is 0.768. The van der Waals surface area contributed by atoms with E-state index in [0.29, 0.717) is 0 Å². The van der Waals surface area contributed by atoms with E-state index in [2.05, 4.69) is 28.9 Å². The molecule has 0 amide bonds. The normalized spacial score (nSPS) is 10.4. The van der Waals surface area contributed by atoms with Crippen LogP contribution in [0.4, 0.5) is 0 Å². The molecule has 1 aromatic heterocycles. The van der Waals surface area contributed by atoms with E-state index in [0.717, 1.165) is 31.0 Å². The first-order valence-corrected chi connectivity index (χ1v) is 7.15. The van der Waals surface area contributed by atoms with Gasteiger partial charge in [-0.1, -0.05) is 12.1 Å². The molecule has 1 N–H and O–H groups in total. The van der Waals surface area contributed by atoms with Crippen molar-refractivity contribution in [2.45, 2.75) is 13.0 Å². The third-order valence-electron chi connectivity index (χ3n) is 2.91. The van der Waals surface area contributed by atoms with Gasteiger partial charge in [-0.25, -0.2) is 0 Å². The highest BCUT2D eigenvalue weighted by Gasteiger charge is 2.04. The van der Waals surface area contributed by atoms with E-state index in [1.54, 1.807) is 25.6 Å². The fourth-order valence-electron chi connectivity index (χ4n) is 1.89. The Morgan fingerprint density at radius 2 is 1.95 bits per heavy atom. The molecular formula is C15H19NO2S. The van der Waals surface area contributed by atoms with E-state index < -0.39 is 0 Å². The average Bonchev–Trinajstić information content (AvgIpc) is 2.96. The number of benzene rings is 1. The fraction of sp³-hybridized carbons (Fsp3) is 0.333.